The molecule has 0 amide bonds. The van der Waals surface area contributed by atoms with Crippen LogP contribution in [0.15, 0.2) is 5.11 Å². The lowest BCUT2D eigenvalue weighted by Crippen LogP contribution is -2.50. The van der Waals surface area contributed by atoms with Gasteiger partial charge in [0, 0.05) is 17.9 Å². The summed E-state index contributed by atoms with van der Waals surface area (Å²) in [4.78, 5) is 25.3. The minimum absolute atomic E-state index is 0.0000201. The number of carbonyl (C=O) groups excluding carboxylic acids is 2. The molecule has 114 valence electrons. The molecule has 4 atom stereocenters. The van der Waals surface area contributed by atoms with Gasteiger partial charge in [-0.1, -0.05) is 5.11 Å². The van der Waals surface area contributed by atoms with Crippen LogP contribution in [0.4, 0.5) is 0 Å². The lowest BCUT2D eigenvalue weighted by molar-refractivity contribution is -0.154. The molecular weight excluding hydrogens is 274 g/mol. The van der Waals surface area contributed by atoms with E-state index in [0.717, 1.165) is 0 Å². The molecule has 0 unspecified atom stereocenters. The van der Waals surface area contributed by atoms with E-state index in [2.05, 4.69) is 10.0 Å². The molecule has 10 nitrogen and oxygen atoms in total. The summed E-state index contributed by atoms with van der Waals surface area (Å²) >= 11 is 0. The number of rotatable bonds is 10. The SMILES string of the molecule is [N-]=[N+]=NCCCC(=O)C(=O)[C@H](O)[C@@H](O)[C@H](O)[C@H](O)CO. The van der Waals surface area contributed by atoms with E-state index in [4.69, 9.17) is 15.7 Å². The minimum Gasteiger partial charge on any atom is -0.394 e. The molecule has 0 aliphatic rings. The molecule has 0 saturated heterocycles. The Bertz CT molecular complexity index is 383. The van der Waals surface area contributed by atoms with Crippen molar-refractivity contribution in [3.8, 4) is 0 Å². The lowest BCUT2D eigenvalue weighted by Gasteiger charge is -2.24. The zero-order valence-electron chi connectivity index (χ0n) is 10.5. The maximum Gasteiger partial charge on any atom is 0.229 e. The van der Waals surface area contributed by atoms with Crippen molar-refractivity contribution < 1.29 is 35.1 Å². The molecule has 0 aliphatic heterocycles. The Morgan fingerprint density at radius 2 is 1.75 bits per heavy atom. The van der Waals surface area contributed by atoms with Crippen LogP contribution in [0.2, 0.25) is 0 Å². The number of hydrogen-bond acceptors (Lipinski definition) is 8. The molecule has 0 fully saturated rings. The number of ketones is 2. The molecule has 0 aromatic rings. The average molecular weight is 291 g/mol. The van der Waals surface area contributed by atoms with Crippen LogP contribution < -0.4 is 0 Å². The van der Waals surface area contributed by atoms with Crippen molar-refractivity contribution in [3.05, 3.63) is 10.4 Å². The Morgan fingerprint density at radius 1 is 1.15 bits per heavy atom. The standard InChI is InChI=1S/C10H17N3O7/c11-13-12-3-1-2-5(15)7(17)9(19)10(20)8(18)6(16)4-14/h6,8-10,14,16,18-20H,1-4H2/t6-,8-,9+,10+/m1/s1. The second-order valence-corrected chi connectivity index (χ2v) is 4.02. The quantitative estimate of drug-likeness (QED) is 0.0980. The van der Waals surface area contributed by atoms with Gasteiger partial charge in [-0.15, -0.1) is 0 Å². The zero-order chi connectivity index (χ0) is 15.7. The minimum atomic E-state index is -2.21. The summed E-state index contributed by atoms with van der Waals surface area (Å²) in [5.41, 5.74) is 8.00. The van der Waals surface area contributed by atoms with Gasteiger partial charge in [0.05, 0.1) is 6.61 Å². The van der Waals surface area contributed by atoms with Gasteiger partial charge in [0.25, 0.3) is 0 Å². The summed E-state index contributed by atoms with van der Waals surface area (Å²) in [6.45, 7) is -0.890. The number of hydrogen-bond donors (Lipinski definition) is 5. The lowest BCUT2D eigenvalue weighted by atomic mass is 9.97. The van der Waals surface area contributed by atoms with Crippen molar-refractivity contribution in [2.24, 2.45) is 5.11 Å². The fourth-order valence-electron chi connectivity index (χ4n) is 1.32. The molecule has 0 aliphatic carbocycles. The molecule has 0 aromatic carbocycles. The van der Waals surface area contributed by atoms with E-state index in [1.54, 1.807) is 0 Å². The van der Waals surface area contributed by atoms with E-state index in [-0.39, 0.29) is 19.4 Å². The van der Waals surface area contributed by atoms with E-state index in [9.17, 15) is 24.9 Å². The second kappa shape index (κ2) is 9.37. The number of aliphatic hydroxyl groups excluding tert-OH is 5. The Morgan fingerprint density at radius 3 is 2.25 bits per heavy atom. The predicted molar refractivity (Wildman–Crippen MR) is 64.4 cm³/mol. The number of carbonyl (C=O) groups is 2. The molecule has 0 saturated carbocycles. The average Bonchev–Trinajstić information content (AvgIpc) is 2.47. The number of nitrogens with zero attached hydrogens (tertiary/aromatic N) is 3. The van der Waals surface area contributed by atoms with Crippen LogP contribution in [-0.4, -0.2) is 74.7 Å². The normalized spacial score (nSPS) is 16.6. The van der Waals surface area contributed by atoms with Gasteiger partial charge in [0.15, 0.2) is 0 Å². The first kappa shape index (κ1) is 18.4. The Kier molecular flexibility index (Phi) is 8.64. The maximum atomic E-state index is 11.4. The Hall–Kier alpha value is -1.55. The smallest absolute Gasteiger partial charge is 0.229 e. The maximum absolute atomic E-state index is 11.4. The third kappa shape index (κ3) is 5.61. The van der Waals surface area contributed by atoms with Crippen molar-refractivity contribution in [2.45, 2.75) is 37.3 Å². The summed E-state index contributed by atoms with van der Waals surface area (Å²) in [5, 5.41) is 48.9. The van der Waals surface area contributed by atoms with Crippen molar-refractivity contribution in [2.75, 3.05) is 13.2 Å². The Labute approximate surface area is 113 Å². The van der Waals surface area contributed by atoms with E-state index < -0.39 is 42.6 Å². The molecular formula is C10H17N3O7. The van der Waals surface area contributed by atoms with E-state index in [0.29, 0.717) is 0 Å². The largest absolute Gasteiger partial charge is 0.394 e. The van der Waals surface area contributed by atoms with Gasteiger partial charge in [-0.3, -0.25) is 9.59 Å². The summed E-state index contributed by atoms with van der Waals surface area (Å²) in [7, 11) is 0. The third-order valence-electron chi connectivity index (χ3n) is 2.52. The van der Waals surface area contributed by atoms with Crippen LogP contribution in [0.5, 0.6) is 0 Å². The number of azide groups is 1. The molecule has 0 bridgehead atoms. The highest BCUT2D eigenvalue weighted by Gasteiger charge is 2.36. The van der Waals surface area contributed by atoms with Crippen LogP contribution in [0, 0.1) is 0 Å². The monoisotopic (exact) mass is 291 g/mol. The van der Waals surface area contributed by atoms with E-state index >= 15 is 0 Å². The molecule has 0 radical (unpaired) electrons. The highest BCUT2D eigenvalue weighted by atomic mass is 16.4. The van der Waals surface area contributed by atoms with Gasteiger partial charge in [-0.05, 0) is 12.0 Å². The van der Waals surface area contributed by atoms with Crippen molar-refractivity contribution >= 4 is 11.6 Å². The highest BCUT2D eigenvalue weighted by Crippen LogP contribution is 2.08. The van der Waals surface area contributed by atoms with Crippen LogP contribution >= 0.6 is 0 Å². The first-order chi connectivity index (χ1) is 9.36. The zero-order valence-corrected chi connectivity index (χ0v) is 10.5. The highest BCUT2D eigenvalue weighted by molar-refractivity contribution is 6.38. The fourth-order valence-corrected chi connectivity index (χ4v) is 1.32. The van der Waals surface area contributed by atoms with Crippen LogP contribution in [0.1, 0.15) is 12.8 Å². The number of aliphatic hydroxyl groups is 5. The van der Waals surface area contributed by atoms with Gasteiger partial charge >= 0.3 is 0 Å². The van der Waals surface area contributed by atoms with Gasteiger partial charge in [-0.25, -0.2) is 0 Å². The fraction of sp³-hybridized carbons (Fsp3) is 0.800. The van der Waals surface area contributed by atoms with Gasteiger partial charge < -0.3 is 25.5 Å². The first-order valence-electron chi connectivity index (χ1n) is 5.77. The molecule has 0 spiro atoms. The summed E-state index contributed by atoms with van der Waals surface area (Å²) in [5.74, 6) is -2.34. The molecule has 10 heteroatoms. The molecule has 20 heavy (non-hydrogen) atoms. The summed E-state index contributed by atoms with van der Waals surface area (Å²) < 4.78 is 0. The van der Waals surface area contributed by atoms with Crippen LogP contribution in [-0.2, 0) is 9.59 Å². The van der Waals surface area contributed by atoms with Gasteiger partial charge in [-0.2, -0.15) is 0 Å². The number of Topliss-reactive ketones (excluding diaryl/α,β-unsaturated/α-hetero) is 2. The summed E-state index contributed by atoms with van der Waals surface area (Å²) in [6.07, 6.45) is -8.24. The molecule has 0 heterocycles. The first-order valence-corrected chi connectivity index (χ1v) is 5.77. The van der Waals surface area contributed by atoms with Crippen molar-refractivity contribution in [1.29, 1.82) is 0 Å². The van der Waals surface area contributed by atoms with E-state index in [1.165, 1.54) is 0 Å². The molecule has 0 rings (SSSR count). The second-order valence-electron chi connectivity index (χ2n) is 4.02. The van der Waals surface area contributed by atoms with Crippen molar-refractivity contribution in [1.82, 2.24) is 0 Å². The predicted octanol–water partition coefficient (Wildman–Crippen LogP) is -2.35. The Balaban J connectivity index is 4.44. The summed E-state index contributed by atoms with van der Waals surface area (Å²) in [6, 6.07) is 0. The van der Waals surface area contributed by atoms with Crippen LogP contribution in [0.25, 0.3) is 10.4 Å². The van der Waals surface area contributed by atoms with Crippen LogP contribution in [0.3, 0.4) is 0 Å². The molecule has 5 N–H and O–H groups in total. The topological polar surface area (TPSA) is 184 Å². The van der Waals surface area contributed by atoms with E-state index in [1.807, 2.05) is 0 Å². The molecule has 0 aromatic heterocycles. The van der Waals surface area contributed by atoms with Crippen molar-refractivity contribution in [3.63, 3.8) is 0 Å². The third-order valence-corrected chi connectivity index (χ3v) is 2.52. The van der Waals surface area contributed by atoms with Gasteiger partial charge in [0.1, 0.15) is 24.4 Å². The van der Waals surface area contributed by atoms with Gasteiger partial charge in [0.2, 0.25) is 11.6 Å².